The molecule has 0 aliphatic heterocycles. The first-order chi connectivity index (χ1) is 6.16. The second kappa shape index (κ2) is 4.27. The van der Waals surface area contributed by atoms with Crippen LogP contribution in [0.1, 0.15) is 11.1 Å². The maximum atomic E-state index is 13.3. The molecular formula is C10H8ClFO. The Morgan fingerprint density at radius 2 is 2.23 bits per heavy atom. The molecule has 0 amide bonds. The summed E-state index contributed by atoms with van der Waals surface area (Å²) in [5, 5.41) is 8.80. The lowest BCUT2D eigenvalue weighted by molar-refractivity contribution is 0.350. The van der Waals surface area contributed by atoms with Crippen LogP contribution >= 0.6 is 11.6 Å². The predicted octanol–water partition coefficient (Wildman–Crippen LogP) is 2.13. The quantitative estimate of drug-likeness (QED) is 0.634. The average molecular weight is 199 g/mol. The van der Waals surface area contributed by atoms with E-state index in [2.05, 4.69) is 11.8 Å². The van der Waals surface area contributed by atoms with Crippen molar-refractivity contribution in [3.8, 4) is 11.8 Å². The van der Waals surface area contributed by atoms with Crippen LogP contribution in [0.4, 0.5) is 4.39 Å². The lowest BCUT2D eigenvalue weighted by Crippen LogP contribution is -1.89. The van der Waals surface area contributed by atoms with E-state index in [1.165, 1.54) is 6.07 Å². The number of halogens is 2. The molecule has 68 valence electrons. The molecule has 3 heteroatoms. The molecule has 0 aliphatic carbocycles. The summed E-state index contributed by atoms with van der Waals surface area (Å²) < 4.78 is 13.3. The second-order valence-electron chi connectivity index (χ2n) is 2.49. The fraction of sp³-hybridized carbons (Fsp3) is 0.200. The van der Waals surface area contributed by atoms with Crippen molar-refractivity contribution in [3.05, 3.63) is 34.1 Å². The Balaban J connectivity index is 3.18. The van der Waals surface area contributed by atoms with Crippen LogP contribution < -0.4 is 0 Å². The predicted molar refractivity (Wildman–Crippen MR) is 50.1 cm³/mol. The van der Waals surface area contributed by atoms with Gasteiger partial charge in [0.2, 0.25) is 0 Å². The van der Waals surface area contributed by atoms with Crippen LogP contribution in [0.3, 0.4) is 0 Å². The van der Waals surface area contributed by atoms with Gasteiger partial charge < -0.3 is 5.11 Å². The van der Waals surface area contributed by atoms with E-state index in [1.807, 2.05) is 0 Å². The van der Waals surface area contributed by atoms with Crippen LogP contribution in [0.5, 0.6) is 0 Å². The summed E-state index contributed by atoms with van der Waals surface area (Å²) in [5.41, 5.74) is 0.641. The minimum Gasteiger partial charge on any atom is -0.384 e. The fourth-order valence-electron chi connectivity index (χ4n) is 0.893. The highest BCUT2D eigenvalue weighted by Gasteiger charge is 2.05. The number of hydrogen-bond donors (Lipinski definition) is 1. The van der Waals surface area contributed by atoms with E-state index in [1.54, 1.807) is 13.0 Å². The molecule has 0 saturated carbocycles. The maximum Gasteiger partial charge on any atom is 0.143 e. The van der Waals surface area contributed by atoms with Crippen molar-refractivity contribution in [2.75, 3.05) is 6.61 Å². The van der Waals surface area contributed by atoms with Crippen molar-refractivity contribution < 1.29 is 9.50 Å². The Bertz CT molecular complexity index is 376. The normalized spacial score (nSPS) is 9.23. The first-order valence-corrected chi connectivity index (χ1v) is 4.09. The number of rotatable bonds is 0. The fourth-order valence-corrected chi connectivity index (χ4v) is 1.04. The Hall–Kier alpha value is -1.04. The number of benzene rings is 1. The van der Waals surface area contributed by atoms with E-state index >= 15 is 0 Å². The largest absolute Gasteiger partial charge is 0.384 e. The van der Waals surface area contributed by atoms with Gasteiger partial charge >= 0.3 is 0 Å². The van der Waals surface area contributed by atoms with Crippen molar-refractivity contribution in [1.29, 1.82) is 0 Å². The Labute approximate surface area is 81.2 Å². The second-order valence-corrected chi connectivity index (χ2v) is 2.90. The molecule has 0 aliphatic rings. The van der Waals surface area contributed by atoms with E-state index < -0.39 is 5.82 Å². The van der Waals surface area contributed by atoms with E-state index in [4.69, 9.17) is 16.7 Å². The zero-order chi connectivity index (χ0) is 9.84. The van der Waals surface area contributed by atoms with Gasteiger partial charge in [-0.1, -0.05) is 23.4 Å². The third kappa shape index (κ3) is 2.21. The van der Waals surface area contributed by atoms with E-state index in [0.717, 1.165) is 0 Å². The van der Waals surface area contributed by atoms with Crippen LogP contribution in [-0.4, -0.2) is 11.7 Å². The molecule has 1 nitrogen and oxygen atoms in total. The molecule has 13 heavy (non-hydrogen) atoms. The number of aliphatic hydroxyl groups excluding tert-OH is 1. The standard InChI is InChI=1S/C10H8ClFO/c1-7-9(11)5-4-8(10(7)12)3-2-6-13/h4-5,13H,6H2,1H3. The van der Waals surface area contributed by atoms with Gasteiger partial charge in [-0.15, -0.1) is 0 Å². The topological polar surface area (TPSA) is 20.2 Å². The lowest BCUT2D eigenvalue weighted by Gasteiger charge is -2.00. The SMILES string of the molecule is Cc1c(Cl)ccc(C#CCO)c1F. The van der Waals surface area contributed by atoms with Gasteiger partial charge in [0.25, 0.3) is 0 Å². The molecule has 1 aromatic rings. The van der Waals surface area contributed by atoms with Gasteiger partial charge in [-0.05, 0) is 19.1 Å². The maximum absolute atomic E-state index is 13.3. The van der Waals surface area contributed by atoms with Crippen molar-refractivity contribution in [2.24, 2.45) is 0 Å². The van der Waals surface area contributed by atoms with E-state index in [9.17, 15) is 4.39 Å². The minimum absolute atomic E-state index is 0.260. The van der Waals surface area contributed by atoms with Gasteiger partial charge in [0, 0.05) is 10.6 Å². The van der Waals surface area contributed by atoms with Crippen molar-refractivity contribution in [1.82, 2.24) is 0 Å². The van der Waals surface area contributed by atoms with Gasteiger partial charge in [-0.2, -0.15) is 0 Å². The Kier molecular flexibility index (Phi) is 3.30. The summed E-state index contributed by atoms with van der Waals surface area (Å²) in [5.74, 6) is 4.45. The summed E-state index contributed by atoms with van der Waals surface area (Å²) in [6.45, 7) is 1.31. The molecule has 0 bridgehead atoms. The van der Waals surface area contributed by atoms with Crippen molar-refractivity contribution in [3.63, 3.8) is 0 Å². The molecular weight excluding hydrogens is 191 g/mol. The zero-order valence-corrected chi connectivity index (χ0v) is 7.82. The molecule has 0 aromatic heterocycles. The first-order valence-electron chi connectivity index (χ1n) is 3.71. The third-order valence-electron chi connectivity index (χ3n) is 1.62. The van der Waals surface area contributed by atoms with Gasteiger partial charge in [0.1, 0.15) is 12.4 Å². The van der Waals surface area contributed by atoms with Crippen molar-refractivity contribution in [2.45, 2.75) is 6.92 Å². The van der Waals surface area contributed by atoms with Crippen LogP contribution in [0.25, 0.3) is 0 Å². The van der Waals surface area contributed by atoms with Crippen LogP contribution in [0.2, 0.25) is 5.02 Å². The van der Waals surface area contributed by atoms with Crippen LogP contribution in [0, 0.1) is 24.6 Å². The number of hydrogen-bond acceptors (Lipinski definition) is 1. The summed E-state index contributed by atoms with van der Waals surface area (Å²) in [4.78, 5) is 0. The Morgan fingerprint density at radius 3 is 2.85 bits per heavy atom. The summed E-state index contributed by atoms with van der Waals surface area (Å²) >= 11 is 5.68. The number of aliphatic hydroxyl groups is 1. The molecule has 0 fully saturated rings. The van der Waals surface area contributed by atoms with E-state index in [0.29, 0.717) is 10.6 Å². The van der Waals surface area contributed by atoms with Crippen LogP contribution in [-0.2, 0) is 0 Å². The molecule has 1 N–H and O–H groups in total. The molecule has 1 aromatic carbocycles. The molecule has 0 spiro atoms. The Morgan fingerprint density at radius 1 is 1.54 bits per heavy atom. The van der Waals surface area contributed by atoms with Crippen LogP contribution in [0.15, 0.2) is 12.1 Å². The molecule has 1 rings (SSSR count). The van der Waals surface area contributed by atoms with E-state index in [-0.39, 0.29) is 12.2 Å². The van der Waals surface area contributed by atoms with Gasteiger partial charge in [0.05, 0.1) is 5.56 Å². The summed E-state index contributed by atoms with van der Waals surface area (Å²) in [6.07, 6.45) is 0. The smallest absolute Gasteiger partial charge is 0.143 e. The van der Waals surface area contributed by atoms with Crippen molar-refractivity contribution >= 4 is 11.6 Å². The molecule has 0 unspecified atom stereocenters. The first kappa shape index (κ1) is 10.0. The van der Waals surface area contributed by atoms with Gasteiger partial charge in [-0.3, -0.25) is 0 Å². The minimum atomic E-state index is -0.423. The highest BCUT2D eigenvalue weighted by atomic mass is 35.5. The highest BCUT2D eigenvalue weighted by Crippen LogP contribution is 2.20. The zero-order valence-electron chi connectivity index (χ0n) is 7.06. The monoisotopic (exact) mass is 198 g/mol. The third-order valence-corrected chi connectivity index (χ3v) is 2.03. The molecule has 0 radical (unpaired) electrons. The summed E-state index contributed by atoms with van der Waals surface area (Å²) in [6, 6.07) is 3.08. The lowest BCUT2D eigenvalue weighted by atomic mass is 10.1. The molecule has 0 atom stereocenters. The van der Waals surface area contributed by atoms with Gasteiger partial charge in [-0.25, -0.2) is 4.39 Å². The van der Waals surface area contributed by atoms with Gasteiger partial charge in [0.15, 0.2) is 0 Å². The molecule has 0 heterocycles. The molecule has 0 saturated heterocycles. The highest BCUT2D eigenvalue weighted by molar-refractivity contribution is 6.31. The summed E-state index contributed by atoms with van der Waals surface area (Å²) in [7, 11) is 0. The average Bonchev–Trinajstić information content (AvgIpc) is 2.13.